The Bertz CT molecular complexity index is 786. The first kappa shape index (κ1) is 22.3. The molecule has 0 radical (unpaired) electrons. The first-order valence-electron chi connectivity index (χ1n) is 10.2. The predicted molar refractivity (Wildman–Crippen MR) is 106 cm³/mol. The molecule has 3 rings (SSSR count). The molecule has 166 valence electrons. The topological polar surface area (TPSA) is 69.9 Å². The van der Waals surface area contributed by atoms with Crippen LogP contribution in [0.25, 0.3) is 0 Å². The van der Waals surface area contributed by atoms with E-state index in [2.05, 4.69) is 6.92 Å². The molecular weight excluding hydrogens is 401 g/mol. The Balaban J connectivity index is 1.65. The van der Waals surface area contributed by atoms with E-state index in [1.807, 2.05) is 16.7 Å². The second-order valence-corrected chi connectivity index (χ2v) is 8.17. The van der Waals surface area contributed by atoms with Gasteiger partial charge in [0.05, 0.1) is 16.5 Å². The summed E-state index contributed by atoms with van der Waals surface area (Å²) in [7, 11) is 0. The van der Waals surface area contributed by atoms with Gasteiger partial charge in [-0.25, -0.2) is 0 Å². The van der Waals surface area contributed by atoms with Crippen molar-refractivity contribution < 1.29 is 22.9 Å². The van der Waals surface area contributed by atoms with Gasteiger partial charge in [0.1, 0.15) is 5.69 Å². The van der Waals surface area contributed by atoms with E-state index in [0.29, 0.717) is 38.2 Å². The standard InChI is InChI=1S/C20H27F3N4O3/c1-14-5-7-26(8-6-14)19(28)15(2)24-9-11-25(12-10-24)17-4-3-16(20(21,22)23)13-18(17)27(29)30/h3-4,13-15H,5-12H2,1-2H3. The molecule has 1 aromatic carbocycles. The fourth-order valence-electron chi connectivity index (χ4n) is 4.11. The van der Waals surface area contributed by atoms with Gasteiger partial charge in [-0.15, -0.1) is 0 Å². The van der Waals surface area contributed by atoms with E-state index in [0.717, 1.165) is 32.0 Å². The molecule has 1 unspecified atom stereocenters. The van der Waals surface area contributed by atoms with Crippen molar-refractivity contribution in [3.05, 3.63) is 33.9 Å². The van der Waals surface area contributed by atoms with E-state index in [1.165, 1.54) is 6.07 Å². The first-order valence-corrected chi connectivity index (χ1v) is 10.2. The van der Waals surface area contributed by atoms with E-state index >= 15 is 0 Å². The van der Waals surface area contributed by atoms with Gasteiger partial charge in [0.2, 0.25) is 5.91 Å². The van der Waals surface area contributed by atoms with Gasteiger partial charge in [-0.1, -0.05) is 6.92 Å². The number of carbonyl (C=O) groups is 1. The average molecular weight is 428 g/mol. The van der Waals surface area contributed by atoms with Gasteiger partial charge in [0, 0.05) is 45.3 Å². The number of amides is 1. The van der Waals surface area contributed by atoms with Crippen molar-refractivity contribution >= 4 is 17.3 Å². The van der Waals surface area contributed by atoms with Gasteiger partial charge in [-0.2, -0.15) is 13.2 Å². The molecule has 2 aliphatic heterocycles. The van der Waals surface area contributed by atoms with Crippen LogP contribution in [0.15, 0.2) is 18.2 Å². The van der Waals surface area contributed by atoms with E-state index in [9.17, 15) is 28.1 Å². The molecule has 2 aliphatic rings. The third-order valence-electron chi connectivity index (χ3n) is 6.15. The molecule has 0 saturated carbocycles. The minimum atomic E-state index is -4.63. The number of nitro benzene ring substituents is 1. The molecule has 1 atom stereocenters. The lowest BCUT2D eigenvalue weighted by Crippen LogP contribution is -2.55. The van der Waals surface area contributed by atoms with Gasteiger partial charge in [-0.05, 0) is 37.8 Å². The highest BCUT2D eigenvalue weighted by molar-refractivity contribution is 5.81. The van der Waals surface area contributed by atoms with Crippen LogP contribution in [0.4, 0.5) is 24.5 Å². The van der Waals surface area contributed by atoms with Gasteiger partial charge < -0.3 is 9.80 Å². The number of likely N-dealkylation sites (tertiary alicyclic amines) is 1. The number of hydrogen-bond acceptors (Lipinski definition) is 5. The summed E-state index contributed by atoms with van der Waals surface area (Å²) in [6.45, 7) is 7.41. The van der Waals surface area contributed by atoms with Crippen LogP contribution < -0.4 is 4.90 Å². The molecule has 0 N–H and O–H groups in total. The van der Waals surface area contributed by atoms with Gasteiger partial charge >= 0.3 is 6.18 Å². The fraction of sp³-hybridized carbons (Fsp3) is 0.650. The summed E-state index contributed by atoms with van der Waals surface area (Å²) in [6, 6.07) is 2.34. The Labute approximate surface area is 173 Å². The maximum Gasteiger partial charge on any atom is 0.416 e. The number of anilines is 1. The zero-order valence-corrected chi connectivity index (χ0v) is 17.2. The molecule has 2 saturated heterocycles. The molecule has 2 fully saturated rings. The quantitative estimate of drug-likeness (QED) is 0.543. The summed E-state index contributed by atoms with van der Waals surface area (Å²) in [5.41, 5.74) is -1.41. The van der Waals surface area contributed by atoms with Gasteiger partial charge in [0.15, 0.2) is 0 Å². The highest BCUT2D eigenvalue weighted by Gasteiger charge is 2.35. The van der Waals surface area contributed by atoms with Crippen molar-refractivity contribution in [2.24, 2.45) is 5.92 Å². The summed E-state index contributed by atoms with van der Waals surface area (Å²) in [5, 5.41) is 11.4. The van der Waals surface area contributed by atoms with Crippen LogP contribution in [0, 0.1) is 16.0 Å². The van der Waals surface area contributed by atoms with E-state index in [4.69, 9.17) is 0 Å². The van der Waals surface area contributed by atoms with Crippen molar-refractivity contribution in [1.29, 1.82) is 0 Å². The number of nitrogens with zero attached hydrogens (tertiary/aromatic N) is 4. The van der Waals surface area contributed by atoms with E-state index in [-0.39, 0.29) is 17.6 Å². The molecule has 0 bridgehead atoms. The highest BCUT2D eigenvalue weighted by atomic mass is 19.4. The third kappa shape index (κ3) is 4.85. The second-order valence-electron chi connectivity index (χ2n) is 8.17. The van der Waals surface area contributed by atoms with Crippen LogP contribution in [-0.2, 0) is 11.0 Å². The molecule has 0 aromatic heterocycles. The largest absolute Gasteiger partial charge is 0.416 e. The monoisotopic (exact) mass is 428 g/mol. The average Bonchev–Trinajstić information content (AvgIpc) is 2.72. The van der Waals surface area contributed by atoms with Crippen LogP contribution in [-0.4, -0.2) is 65.9 Å². The molecule has 30 heavy (non-hydrogen) atoms. The van der Waals surface area contributed by atoms with Crippen molar-refractivity contribution in [3.8, 4) is 0 Å². The van der Waals surface area contributed by atoms with Gasteiger partial charge in [-0.3, -0.25) is 19.8 Å². The van der Waals surface area contributed by atoms with Gasteiger partial charge in [0.25, 0.3) is 5.69 Å². The molecule has 0 aliphatic carbocycles. The Morgan fingerprint density at radius 1 is 1.13 bits per heavy atom. The van der Waals surface area contributed by atoms with Crippen LogP contribution >= 0.6 is 0 Å². The number of rotatable bonds is 4. The lowest BCUT2D eigenvalue weighted by atomic mass is 9.98. The Kier molecular flexibility index (Phi) is 6.54. The molecule has 7 nitrogen and oxygen atoms in total. The molecule has 1 amide bonds. The Hall–Kier alpha value is -2.36. The van der Waals surface area contributed by atoms with Crippen LogP contribution in [0.1, 0.15) is 32.3 Å². The lowest BCUT2D eigenvalue weighted by molar-refractivity contribution is -0.384. The highest BCUT2D eigenvalue weighted by Crippen LogP contribution is 2.36. The van der Waals surface area contributed by atoms with Crippen molar-refractivity contribution in [2.75, 3.05) is 44.2 Å². The summed E-state index contributed by atoms with van der Waals surface area (Å²) in [5.74, 6) is 0.725. The normalized spacial score (nSPS) is 20.3. The number of alkyl halides is 3. The van der Waals surface area contributed by atoms with Crippen molar-refractivity contribution in [2.45, 2.75) is 38.9 Å². The zero-order chi connectivity index (χ0) is 22.1. The van der Waals surface area contributed by atoms with Crippen LogP contribution in [0.2, 0.25) is 0 Å². The second kappa shape index (κ2) is 8.79. The maximum atomic E-state index is 12.9. The van der Waals surface area contributed by atoms with Crippen molar-refractivity contribution in [1.82, 2.24) is 9.80 Å². The van der Waals surface area contributed by atoms with E-state index in [1.54, 1.807) is 4.90 Å². The molecule has 0 spiro atoms. The molecule has 1 aromatic rings. The smallest absolute Gasteiger partial charge is 0.363 e. The lowest BCUT2D eigenvalue weighted by Gasteiger charge is -2.40. The number of hydrogen-bond donors (Lipinski definition) is 0. The summed E-state index contributed by atoms with van der Waals surface area (Å²) in [6.07, 6.45) is -2.63. The summed E-state index contributed by atoms with van der Waals surface area (Å²) < 4.78 is 38.8. The number of halogens is 3. The van der Waals surface area contributed by atoms with Crippen LogP contribution in [0.3, 0.4) is 0 Å². The van der Waals surface area contributed by atoms with Crippen molar-refractivity contribution in [3.63, 3.8) is 0 Å². The first-order chi connectivity index (χ1) is 14.1. The Morgan fingerprint density at radius 3 is 2.27 bits per heavy atom. The molecular formula is C20H27F3N4O3. The predicted octanol–water partition coefficient (Wildman–Crippen LogP) is 3.38. The Morgan fingerprint density at radius 2 is 1.73 bits per heavy atom. The fourth-order valence-corrected chi connectivity index (χ4v) is 4.11. The summed E-state index contributed by atoms with van der Waals surface area (Å²) >= 11 is 0. The molecule has 2 heterocycles. The number of piperazine rings is 1. The number of piperidine rings is 1. The number of benzene rings is 1. The minimum Gasteiger partial charge on any atom is -0.363 e. The molecule has 10 heteroatoms. The summed E-state index contributed by atoms with van der Waals surface area (Å²) in [4.78, 5) is 29.0. The maximum absolute atomic E-state index is 12.9. The van der Waals surface area contributed by atoms with Crippen LogP contribution in [0.5, 0.6) is 0 Å². The minimum absolute atomic E-state index is 0.0934. The number of carbonyl (C=O) groups excluding carboxylic acids is 1. The zero-order valence-electron chi connectivity index (χ0n) is 17.2. The SMILES string of the molecule is CC1CCN(C(=O)C(C)N2CCN(c3ccc(C(F)(F)F)cc3[N+](=O)[O-])CC2)CC1. The van der Waals surface area contributed by atoms with E-state index < -0.39 is 22.4 Å². The third-order valence-corrected chi connectivity index (χ3v) is 6.15. The number of nitro groups is 1.